The van der Waals surface area contributed by atoms with E-state index in [1.165, 1.54) is 84.8 Å². The van der Waals surface area contributed by atoms with Crippen LogP contribution in [-0.4, -0.2) is 19.9 Å². The first-order chi connectivity index (χ1) is 70.4. The van der Waals surface area contributed by atoms with Crippen molar-refractivity contribution in [3.05, 3.63) is 409 Å². The van der Waals surface area contributed by atoms with E-state index in [4.69, 9.17) is 0 Å². The molecule has 0 aliphatic heterocycles. The zero-order chi connectivity index (χ0) is 105. The Morgan fingerprint density at radius 3 is 0.493 bits per heavy atom. The minimum absolute atomic E-state index is 0.0342. The van der Waals surface area contributed by atoms with E-state index < -0.39 is 93.9 Å². The van der Waals surface area contributed by atoms with E-state index >= 15 is 0 Å². The summed E-state index contributed by atoms with van der Waals surface area (Å²) in [7, 11) is 9.28. The van der Waals surface area contributed by atoms with Gasteiger partial charge in [0, 0.05) is 24.8 Å². The first-order valence-corrected chi connectivity index (χ1v) is 50.0. The Morgan fingerprint density at radius 1 is 0.176 bits per heavy atom. The van der Waals surface area contributed by atoms with Gasteiger partial charge in [-0.15, -0.1) is 95.1 Å². The Bertz CT molecular complexity index is 7880. The molecule has 148 heavy (non-hydrogen) atoms. The fourth-order valence-electron chi connectivity index (χ4n) is 18.9. The number of hydrogen-bond acceptors (Lipinski definition) is 4. The summed E-state index contributed by atoms with van der Waals surface area (Å²) in [6.07, 6.45) is -33.8. The molecule has 0 aliphatic carbocycles. The number of benzene rings is 20. The van der Waals surface area contributed by atoms with E-state index in [0.29, 0.717) is 46.5 Å². The van der Waals surface area contributed by atoms with Crippen LogP contribution < -0.4 is 0 Å². The molecule has 0 unspecified atom stereocenters. The van der Waals surface area contributed by atoms with Crippen molar-refractivity contribution in [3.63, 3.8) is 0 Å². The third kappa shape index (κ3) is 20.1. The molecule has 0 radical (unpaired) electrons. The summed E-state index contributed by atoms with van der Waals surface area (Å²) in [5, 5.41) is 26.0. The summed E-state index contributed by atoms with van der Waals surface area (Å²) in [6.45, 7) is 0. The van der Waals surface area contributed by atoms with E-state index in [9.17, 15) is 105 Å². The second kappa shape index (κ2) is 39.2. The zero-order valence-corrected chi connectivity index (χ0v) is 80.9. The Morgan fingerprint density at radius 2 is 0.338 bits per heavy atom. The van der Waals surface area contributed by atoms with Gasteiger partial charge < -0.3 is 19.9 Å². The van der Waals surface area contributed by atoms with Gasteiger partial charge in [0.1, 0.15) is 0 Å². The third-order valence-electron chi connectivity index (χ3n) is 25.5. The molecule has 0 bridgehead atoms. The molecule has 740 valence electrons. The number of hydrogen-bond donors (Lipinski definition) is 0. The first kappa shape index (κ1) is 102. The van der Waals surface area contributed by atoms with Gasteiger partial charge in [-0.2, -0.15) is 105 Å². The fourth-order valence-corrected chi connectivity index (χ4v) is 18.9. The summed E-state index contributed by atoms with van der Waals surface area (Å²) in [5.41, 5.74) is -6.99. The molecule has 32 heteroatoms. The van der Waals surface area contributed by atoms with Crippen molar-refractivity contribution in [1.29, 1.82) is 0 Å². The fraction of sp³-hybridized carbons (Fsp3) is 0.0690. The Balaban J connectivity index is 0.000000123. The minimum atomic E-state index is -4.97. The number of alkyl halides is 24. The van der Waals surface area contributed by atoms with Crippen LogP contribution in [0.1, 0.15) is 44.5 Å². The van der Waals surface area contributed by atoms with Gasteiger partial charge in [-0.25, -0.2) is 0 Å². The Kier molecular flexibility index (Phi) is 27.0. The van der Waals surface area contributed by atoms with E-state index in [0.717, 1.165) is 152 Å². The van der Waals surface area contributed by atoms with Gasteiger partial charge in [0.25, 0.3) is 0 Å². The van der Waals surface area contributed by atoms with Crippen LogP contribution >= 0.6 is 19.2 Å². The summed E-state index contributed by atoms with van der Waals surface area (Å²) in [4.78, 5) is 16.9. The van der Waals surface area contributed by atoms with Crippen LogP contribution in [-0.2, 0) is 85.2 Å². The maximum atomic E-state index is 13.3. The van der Waals surface area contributed by atoms with Crippen LogP contribution in [0.4, 0.5) is 105 Å². The van der Waals surface area contributed by atoms with Crippen LogP contribution in [0.5, 0.6) is 0 Å². The van der Waals surface area contributed by atoms with Gasteiger partial charge in [-0.05, 0) is 241 Å². The summed E-state index contributed by atoms with van der Waals surface area (Å²) in [5.74, 6) is 0. The predicted octanol–water partition coefficient (Wildman–Crippen LogP) is 38.0. The SMILES string of the molecule is FC(F)(F)c1[c-]c(-c2ccc(-c3ccc4ccc5cccc6ccc3c4c56)cn2)cc(C(F)(F)F)c1.FC(F)(F)c1[c-]c(-c2ccc(-c3ccc4ccc5cccc6ccc3c4c56)cn2)cc(C(F)(F)F)c1.FC(F)(F)c1[c-]c(-c2ccc(-c3ccc4ccc5cccc6ccc3c4c56)cn2)cc(C(F)(F)F)c1.FC(F)(F)c1[c-]c(-c2ccc(-c3ccc4ccc5cccc6ccc3c4c56)cn2)cc(C(F)(F)F)c1.[Cl][Ir+2].[Cl][Ir+2]. The molecule has 0 atom stereocenters. The number of halogens is 26. The molecule has 0 amide bonds. The van der Waals surface area contributed by atoms with Crippen molar-refractivity contribution in [2.75, 3.05) is 0 Å². The molecule has 0 saturated carbocycles. The third-order valence-corrected chi connectivity index (χ3v) is 25.5. The second-order valence-corrected chi connectivity index (χ2v) is 34.4. The number of nitrogens with zero attached hydrogens (tertiary/aromatic N) is 4. The number of pyridine rings is 4. The van der Waals surface area contributed by atoms with E-state index in [1.807, 2.05) is 194 Å². The van der Waals surface area contributed by atoms with Gasteiger partial charge in [-0.1, -0.05) is 267 Å². The molecule has 4 nitrogen and oxygen atoms in total. The van der Waals surface area contributed by atoms with Gasteiger partial charge in [0.15, 0.2) is 0 Å². The Labute approximate surface area is 851 Å². The van der Waals surface area contributed by atoms with Gasteiger partial charge in [0.05, 0.1) is 0 Å². The van der Waals surface area contributed by atoms with E-state index in [-0.39, 0.29) is 69.3 Å². The molecule has 0 spiro atoms. The normalized spacial score (nSPS) is 12.5. The van der Waals surface area contributed by atoms with Gasteiger partial charge >= 0.3 is 104 Å². The molecule has 0 aliphatic rings. The summed E-state index contributed by atoms with van der Waals surface area (Å²) in [6, 6.07) is 96.0. The van der Waals surface area contributed by atoms with Crippen LogP contribution in [0.3, 0.4) is 0 Å². The molecular weight excluding hydrogens is 2360 g/mol. The van der Waals surface area contributed by atoms with Crippen molar-refractivity contribution in [1.82, 2.24) is 19.9 Å². The maximum absolute atomic E-state index is 13.3. The molecule has 20 aromatic carbocycles. The van der Waals surface area contributed by atoms with E-state index in [2.05, 4.69) is 87.6 Å². The summed E-state index contributed by atoms with van der Waals surface area (Å²) >= 11 is 2.94. The summed E-state index contributed by atoms with van der Waals surface area (Å²) < 4.78 is 318. The molecule has 4 heterocycles. The van der Waals surface area contributed by atoms with E-state index in [1.54, 1.807) is 24.3 Å². The molecule has 0 saturated heterocycles. The average Bonchev–Trinajstić information content (AvgIpc) is 0.742. The van der Waals surface area contributed by atoms with Crippen LogP contribution in [0, 0.1) is 24.3 Å². The number of aromatic nitrogens is 4. The predicted molar refractivity (Wildman–Crippen MR) is 522 cm³/mol. The van der Waals surface area contributed by atoms with Crippen LogP contribution in [0.15, 0.2) is 340 Å². The molecule has 24 aromatic rings. The van der Waals surface area contributed by atoms with Crippen molar-refractivity contribution >= 4 is 148 Å². The molecular formula is C116H56Cl2F24Ir2N4. The van der Waals surface area contributed by atoms with Crippen LogP contribution in [0.25, 0.3) is 219 Å². The molecule has 0 N–H and O–H groups in total. The molecule has 0 fully saturated rings. The quantitative estimate of drug-likeness (QED) is 0.0864. The van der Waals surface area contributed by atoms with Crippen molar-refractivity contribution in [2.24, 2.45) is 0 Å². The monoisotopic (exact) mass is 2420 g/mol. The van der Waals surface area contributed by atoms with Crippen LogP contribution in [0.2, 0.25) is 0 Å². The zero-order valence-electron chi connectivity index (χ0n) is 74.6. The second-order valence-electron chi connectivity index (χ2n) is 34.4. The Hall–Kier alpha value is -14.6. The van der Waals surface area contributed by atoms with Crippen molar-refractivity contribution in [2.45, 2.75) is 49.4 Å². The van der Waals surface area contributed by atoms with Gasteiger partial charge in [-0.3, -0.25) is 0 Å². The van der Waals surface area contributed by atoms with Gasteiger partial charge in [0.2, 0.25) is 0 Å². The first-order valence-electron chi connectivity index (χ1n) is 44.0. The van der Waals surface area contributed by atoms with Crippen molar-refractivity contribution < 1.29 is 141 Å². The van der Waals surface area contributed by atoms with Crippen molar-refractivity contribution in [3.8, 4) is 89.5 Å². The number of rotatable bonds is 8. The molecule has 24 rings (SSSR count). The topological polar surface area (TPSA) is 51.6 Å². The average molecular weight is 2420 g/mol. The molecule has 4 aromatic heterocycles. The standard InChI is InChI=1S/4C29H14F6N.2ClH.2Ir/c4*30-28(31,32)21-12-20(13-22(14-21)29(33,34)35)25-11-8-19(15-36-25)23-9-6-18-5-4-16-2-1-3-17-7-10-24(23)27(18)26(16)17;;;;/h4*1-12,14-15H;2*1H;;/q4*-1;;;2*+3/p-2.